The average Bonchev–Trinajstić information content (AvgIpc) is 2.69. The minimum atomic E-state index is -0.145. The maximum atomic E-state index is 5.58. The summed E-state index contributed by atoms with van der Waals surface area (Å²) in [5.74, 6) is 0. The lowest BCUT2D eigenvalue weighted by atomic mass is 9.94. The molecule has 1 aliphatic heterocycles. The second-order valence-corrected chi connectivity index (χ2v) is 3.37. The molecule has 3 nitrogen and oxygen atoms in total. The molecule has 1 unspecified atom stereocenters. The lowest BCUT2D eigenvalue weighted by molar-refractivity contribution is 0.00298. The Labute approximate surface area is 78.1 Å². The predicted octanol–water partition coefficient (Wildman–Crippen LogP) is 0.917. The Morgan fingerprint density at radius 3 is 3.08 bits per heavy atom. The van der Waals surface area contributed by atoms with E-state index in [2.05, 4.69) is 16.4 Å². The van der Waals surface area contributed by atoms with E-state index in [0.29, 0.717) is 0 Å². The van der Waals surface area contributed by atoms with Crippen LogP contribution in [0.5, 0.6) is 0 Å². The second kappa shape index (κ2) is 3.44. The Balaban J connectivity index is 2.31. The van der Waals surface area contributed by atoms with Crippen molar-refractivity contribution in [3.8, 4) is 0 Å². The summed E-state index contributed by atoms with van der Waals surface area (Å²) in [6.45, 7) is 1.90. The van der Waals surface area contributed by atoms with Crippen molar-refractivity contribution in [1.82, 2.24) is 10.3 Å². The molecule has 0 bridgehead atoms. The van der Waals surface area contributed by atoms with Gasteiger partial charge in [0.05, 0.1) is 0 Å². The molecule has 0 aliphatic carbocycles. The molecule has 0 aromatic carbocycles. The first-order valence-electron chi connectivity index (χ1n) is 4.54. The van der Waals surface area contributed by atoms with E-state index in [1.807, 2.05) is 12.3 Å². The van der Waals surface area contributed by atoms with Gasteiger partial charge in [0.2, 0.25) is 0 Å². The van der Waals surface area contributed by atoms with E-state index in [1.165, 1.54) is 5.56 Å². The summed E-state index contributed by atoms with van der Waals surface area (Å²) in [5.41, 5.74) is 1.02. The van der Waals surface area contributed by atoms with E-state index in [-0.39, 0.29) is 5.60 Å². The van der Waals surface area contributed by atoms with Crippen molar-refractivity contribution in [2.24, 2.45) is 0 Å². The zero-order valence-corrected chi connectivity index (χ0v) is 7.79. The lowest BCUT2D eigenvalue weighted by Gasteiger charge is -2.26. The Bertz CT molecular complexity index is 268. The number of nitrogens with one attached hydrogen (secondary N) is 1. The van der Waals surface area contributed by atoms with Gasteiger partial charge in [-0.25, -0.2) is 0 Å². The molecule has 0 spiro atoms. The van der Waals surface area contributed by atoms with E-state index in [1.54, 1.807) is 13.3 Å². The fraction of sp³-hybridized carbons (Fsp3) is 0.500. The minimum Gasteiger partial charge on any atom is -0.372 e. The molecular formula is C10H14N2O. The average molecular weight is 178 g/mol. The van der Waals surface area contributed by atoms with Gasteiger partial charge >= 0.3 is 0 Å². The quantitative estimate of drug-likeness (QED) is 0.731. The van der Waals surface area contributed by atoms with Gasteiger partial charge in [0, 0.05) is 31.6 Å². The van der Waals surface area contributed by atoms with Gasteiger partial charge in [0.1, 0.15) is 5.60 Å². The number of ether oxygens (including phenoxy) is 1. The summed E-state index contributed by atoms with van der Waals surface area (Å²) in [4.78, 5) is 4.11. The van der Waals surface area contributed by atoms with Gasteiger partial charge in [-0.05, 0) is 19.0 Å². The van der Waals surface area contributed by atoms with Crippen molar-refractivity contribution in [2.75, 3.05) is 20.2 Å². The van der Waals surface area contributed by atoms with Crippen LogP contribution in [0.1, 0.15) is 12.0 Å². The van der Waals surface area contributed by atoms with Crippen LogP contribution in [0, 0.1) is 0 Å². The fourth-order valence-corrected chi connectivity index (χ4v) is 1.84. The van der Waals surface area contributed by atoms with E-state index < -0.39 is 0 Å². The highest BCUT2D eigenvalue weighted by atomic mass is 16.5. The van der Waals surface area contributed by atoms with Crippen LogP contribution >= 0.6 is 0 Å². The normalized spacial score (nSPS) is 27.8. The molecule has 0 saturated carbocycles. The second-order valence-electron chi connectivity index (χ2n) is 3.37. The number of aromatic nitrogens is 1. The zero-order valence-electron chi connectivity index (χ0n) is 7.79. The number of hydrogen-bond donors (Lipinski definition) is 1. The first kappa shape index (κ1) is 8.66. The van der Waals surface area contributed by atoms with Crippen LogP contribution in [0.15, 0.2) is 24.5 Å². The Kier molecular flexibility index (Phi) is 2.29. The fourth-order valence-electron chi connectivity index (χ4n) is 1.84. The van der Waals surface area contributed by atoms with Crippen LogP contribution < -0.4 is 5.32 Å². The standard InChI is InChI=1S/C10H14N2O/c1-13-10(4-6-12-8-10)9-3-2-5-11-7-9/h2-3,5,7,12H,4,6,8H2,1H3. The third-order valence-corrected chi connectivity index (χ3v) is 2.69. The highest BCUT2D eigenvalue weighted by molar-refractivity contribution is 5.20. The number of hydrogen-bond acceptors (Lipinski definition) is 3. The van der Waals surface area contributed by atoms with Crippen molar-refractivity contribution >= 4 is 0 Å². The summed E-state index contributed by atoms with van der Waals surface area (Å²) in [7, 11) is 1.76. The summed E-state index contributed by atoms with van der Waals surface area (Å²) >= 11 is 0. The molecule has 1 aliphatic rings. The number of nitrogens with zero attached hydrogens (tertiary/aromatic N) is 1. The summed E-state index contributed by atoms with van der Waals surface area (Å²) in [5, 5.41) is 3.31. The van der Waals surface area contributed by atoms with Crippen LogP contribution in [-0.2, 0) is 10.3 Å². The molecule has 1 fully saturated rings. The zero-order chi connectivity index (χ0) is 9.15. The SMILES string of the molecule is COC1(c2cccnc2)CCNC1. The smallest absolute Gasteiger partial charge is 0.108 e. The Hall–Kier alpha value is -0.930. The molecule has 1 aromatic rings. The first-order chi connectivity index (χ1) is 6.37. The number of rotatable bonds is 2. The molecule has 3 heteroatoms. The van der Waals surface area contributed by atoms with Crippen molar-refractivity contribution in [3.05, 3.63) is 30.1 Å². The van der Waals surface area contributed by atoms with Gasteiger partial charge in [-0.1, -0.05) is 6.07 Å². The van der Waals surface area contributed by atoms with Gasteiger partial charge in [0.25, 0.3) is 0 Å². The van der Waals surface area contributed by atoms with Crippen LogP contribution in [0.3, 0.4) is 0 Å². The summed E-state index contributed by atoms with van der Waals surface area (Å²) < 4.78 is 5.58. The molecule has 1 atom stereocenters. The Morgan fingerprint density at radius 2 is 2.54 bits per heavy atom. The molecule has 1 aromatic heterocycles. The molecule has 13 heavy (non-hydrogen) atoms. The van der Waals surface area contributed by atoms with E-state index in [9.17, 15) is 0 Å². The summed E-state index contributed by atoms with van der Waals surface area (Å²) in [6, 6.07) is 4.03. The van der Waals surface area contributed by atoms with Crippen molar-refractivity contribution < 1.29 is 4.74 Å². The lowest BCUT2D eigenvalue weighted by Crippen LogP contribution is -2.31. The van der Waals surface area contributed by atoms with Gasteiger partial charge in [-0.2, -0.15) is 0 Å². The predicted molar refractivity (Wildman–Crippen MR) is 50.4 cm³/mol. The van der Waals surface area contributed by atoms with Gasteiger partial charge in [-0.3, -0.25) is 4.98 Å². The van der Waals surface area contributed by atoms with Crippen LogP contribution in [-0.4, -0.2) is 25.2 Å². The molecule has 0 amide bonds. The number of pyridine rings is 1. The molecule has 0 radical (unpaired) electrons. The monoisotopic (exact) mass is 178 g/mol. The van der Waals surface area contributed by atoms with E-state index in [0.717, 1.165) is 19.5 Å². The minimum absolute atomic E-state index is 0.145. The largest absolute Gasteiger partial charge is 0.372 e. The highest BCUT2D eigenvalue weighted by Crippen LogP contribution is 2.30. The molecule has 1 saturated heterocycles. The molecule has 2 rings (SSSR count). The van der Waals surface area contributed by atoms with E-state index >= 15 is 0 Å². The molecule has 2 heterocycles. The van der Waals surface area contributed by atoms with Gasteiger partial charge in [0.15, 0.2) is 0 Å². The van der Waals surface area contributed by atoms with Crippen LogP contribution in [0.2, 0.25) is 0 Å². The summed E-state index contributed by atoms with van der Waals surface area (Å²) in [6.07, 6.45) is 4.70. The van der Waals surface area contributed by atoms with Crippen molar-refractivity contribution in [2.45, 2.75) is 12.0 Å². The van der Waals surface area contributed by atoms with Crippen LogP contribution in [0.25, 0.3) is 0 Å². The maximum Gasteiger partial charge on any atom is 0.108 e. The van der Waals surface area contributed by atoms with E-state index in [4.69, 9.17) is 4.74 Å². The van der Waals surface area contributed by atoms with Crippen molar-refractivity contribution in [3.63, 3.8) is 0 Å². The number of methoxy groups -OCH3 is 1. The topological polar surface area (TPSA) is 34.1 Å². The van der Waals surface area contributed by atoms with Gasteiger partial charge in [-0.15, -0.1) is 0 Å². The van der Waals surface area contributed by atoms with Crippen LogP contribution in [0.4, 0.5) is 0 Å². The molecule has 1 N–H and O–H groups in total. The molecular weight excluding hydrogens is 164 g/mol. The third-order valence-electron chi connectivity index (χ3n) is 2.69. The molecule has 70 valence electrons. The Morgan fingerprint density at radius 1 is 1.62 bits per heavy atom. The highest BCUT2D eigenvalue weighted by Gasteiger charge is 2.35. The van der Waals surface area contributed by atoms with Gasteiger partial charge < -0.3 is 10.1 Å². The maximum absolute atomic E-state index is 5.58. The van der Waals surface area contributed by atoms with Crippen molar-refractivity contribution in [1.29, 1.82) is 0 Å². The first-order valence-corrected chi connectivity index (χ1v) is 4.54. The third kappa shape index (κ3) is 1.45.